The fourth-order valence-electron chi connectivity index (χ4n) is 3.71. The second-order valence-corrected chi connectivity index (χ2v) is 7.11. The monoisotopic (exact) mass is 341 g/mol. The minimum Gasteiger partial charge on any atom is -0.455 e. The van der Waals surface area contributed by atoms with Crippen molar-refractivity contribution in [3.63, 3.8) is 0 Å². The number of benzene rings is 2. The molecule has 0 saturated heterocycles. The summed E-state index contributed by atoms with van der Waals surface area (Å²) in [4.78, 5) is 0. The molecule has 0 aliphatic rings. The third-order valence-corrected chi connectivity index (χ3v) is 5.08. The number of rotatable bonds is 2. The van der Waals surface area contributed by atoms with Gasteiger partial charge in [-0.1, -0.05) is 32.0 Å². The van der Waals surface area contributed by atoms with Crippen LogP contribution in [0.5, 0.6) is 0 Å². The van der Waals surface area contributed by atoms with Crippen molar-refractivity contribution in [2.75, 3.05) is 0 Å². The van der Waals surface area contributed by atoms with Crippen LogP contribution in [-0.2, 0) is 7.05 Å². The van der Waals surface area contributed by atoms with Crippen LogP contribution in [0, 0.1) is 18.3 Å². The smallest absolute Gasteiger partial charge is 0.216 e. The normalized spacial score (nSPS) is 11.4. The highest BCUT2D eigenvalue weighted by molar-refractivity contribution is 6.12. The topological polar surface area (TPSA) is 40.8 Å². The highest BCUT2D eigenvalue weighted by Gasteiger charge is 2.23. The Bertz CT molecular complexity index is 1190. The Kier molecular flexibility index (Phi) is 3.77. The molecule has 4 aromatic rings. The summed E-state index contributed by atoms with van der Waals surface area (Å²) in [5.41, 5.74) is 6.82. The molecule has 0 unspecified atom stereocenters. The average molecular weight is 341 g/mol. The minimum atomic E-state index is 0.322. The lowest BCUT2D eigenvalue weighted by molar-refractivity contribution is -0.660. The largest absolute Gasteiger partial charge is 0.455 e. The molecule has 2 heterocycles. The molecule has 0 radical (unpaired) electrons. The van der Waals surface area contributed by atoms with Crippen molar-refractivity contribution in [1.29, 1.82) is 5.26 Å². The molecular formula is C23H21N2O+. The van der Waals surface area contributed by atoms with Crippen LogP contribution in [0.15, 0.2) is 53.1 Å². The maximum atomic E-state index is 9.63. The van der Waals surface area contributed by atoms with E-state index in [-0.39, 0.29) is 0 Å². The molecule has 0 amide bonds. The van der Waals surface area contributed by atoms with E-state index in [0.717, 1.165) is 44.3 Å². The van der Waals surface area contributed by atoms with E-state index in [1.165, 1.54) is 0 Å². The first-order chi connectivity index (χ1) is 12.5. The van der Waals surface area contributed by atoms with Gasteiger partial charge in [0.25, 0.3) is 0 Å². The Morgan fingerprint density at radius 1 is 1.04 bits per heavy atom. The molecule has 0 saturated carbocycles. The maximum absolute atomic E-state index is 9.63. The molecule has 0 N–H and O–H groups in total. The molecular weight excluding hydrogens is 320 g/mol. The third-order valence-electron chi connectivity index (χ3n) is 5.08. The Hall–Kier alpha value is -3.12. The van der Waals surface area contributed by atoms with Crippen molar-refractivity contribution in [2.24, 2.45) is 7.05 Å². The summed E-state index contributed by atoms with van der Waals surface area (Å²) in [7, 11) is 2.04. The Balaban J connectivity index is 2.21. The number of fused-ring (bicyclic) bond motifs is 3. The highest BCUT2D eigenvalue weighted by Crippen LogP contribution is 2.40. The first kappa shape index (κ1) is 16.4. The third kappa shape index (κ3) is 2.30. The van der Waals surface area contributed by atoms with E-state index in [0.29, 0.717) is 11.5 Å². The molecule has 0 spiro atoms. The van der Waals surface area contributed by atoms with Crippen molar-refractivity contribution < 1.29 is 8.98 Å². The fourth-order valence-corrected chi connectivity index (χ4v) is 3.71. The molecule has 0 bridgehead atoms. The molecule has 3 nitrogen and oxygen atoms in total. The van der Waals surface area contributed by atoms with Gasteiger partial charge in [0, 0.05) is 22.9 Å². The predicted molar refractivity (Wildman–Crippen MR) is 104 cm³/mol. The molecule has 128 valence electrons. The minimum absolute atomic E-state index is 0.322. The van der Waals surface area contributed by atoms with E-state index in [1.807, 2.05) is 37.5 Å². The van der Waals surface area contributed by atoms with Gasteiger partial charge >= 0.3 is 0 Å². The Morgan fingerprint density at radius 3 is 2.54 bits per heavy atom. The van der Waals surface area contributed by atoms with Crippen LogP contribution in [0.1, 0.15) is 36.5 Å². The number of furan rings is 1. The second-order valence-electron chi connectivity index (χ2n) is 7.11. The van der Waals surface area contributed by atoms with Crippen LogP contribution in [0.25, 0.3) is 33.2 Å². The van der Waals surface area contributed by atoms with Gasteiger partial charge in [0.15, 0.2) is 6.20 Å². The van der Waals surface area contributed by atoms with E-state index in [4.69, 9.17) is 4.42 Å². The highest BCUT2D eigenvalue weighted by atomic mass is 16.3. The quantitative estimate of drug-likeness (QED) is 0.459. The van der Waals surface area contributed by atoms with Gasteiger partial charge in [-0.2, -0.15) is 5.26 Å². The van der Waals surface area contributed by atoms with Crippen molar-refractivity contribution in [3.8, 4) is 17.3 Å². The van der Waals surface area contributed by atoms with Crippen LogP contribution in [0.3, 0.4) is 0 Å². The van der Waals surface area contributed by atoms with Gasteiger partial charge < -0.3 is 4.42 Å². The van der Waals surface area contributed by atoms with Crippen LogP contribution >= 0.6 is 0 Å². The summed E-state index contributed by atoms with van der Waals surface area (Å²) >= 11 is 0. The molecule has 4 rings (SSSR count). The van der Waals surface area contributed by atoms with E-state index in [2.05, 4.69) is 49.6 Å². The van der Waals surface area contributed by atoms with E-state index in [1.54, 1.807) is 0 Å². The summed E-state index contributed by atoms with van der Waals surface area (Å²) in [5.74, 6) is 0.322. The molecule has 0 aliphatic carbocycles. The van der Waals surface area contributed by atoms with E-state index >= 15 is 0 Å². The van der Waals surface area contributed by atoms with Crippen molar-refractivity contribution in [3.05, 3.63) is 65.4 Å². The number of aromatic nitrogens is 1. The van der Waals surface area contributed by atoms with Gasteiger partial charge in [-0.3, -0.25) is 0 Å². The molecule has 2 aromatic heterocycles. The maximum Gasteiger partial charge on any atom is 0.216 e. The standard InChI is InChI=1S/C23H21N2O/c1-14(2)17-11-9-16(13-24)21-18-10-8-15(3)20(23(18)26-22(17)21)19-7-5-6-12-25(19)4/h5-12,14H,1-4H3/q+1. The summed E-state index contributed by atoms with van der Waals surface area (Å²) in [6.07, 6.45) is 2.04. The van der Waals surface area contributed by atoms with Crippen LogP contribution in [0.2, 0.25) is 0 Å². The Morgan fingerprint density at radius 2 is 1.85 bits per heavy atom. The Labute approximate surface area is 153 Å². The first-order valence-electron chi connectivity index (χ1n) is 8.86. The van der Waals surface area contributed by atoms with Gasteiger partial charge in [0.1, 0.15) is 18.2 Å². The van der Waals surface area contributed by atoms with Crippen LogP contribution < -0.4 is 4.57 Å². The fraction of sp³-hybridized carbons (Fsp3) is 0.217. The number of hydrogen-bond donors (Lipinski definition) is 0. The molecule has 0 atom stereocenters. The van der Waals surface area contributed by atoms with Crippen molar-refractivity contribution in [2.45, 2.75) is 26.7 Å². The van der Waals surface area contributed by atoms with Gasteiger partial charge in [-0.25, -0.2) is 4.57 Å². The number of nitrogens with zero attached hydrogens (tertiary/aromatic N) is 2. The predicted octanol–water partition coefficient (Wildman–Crippen LogP) is 5.38. The van der Waals surface area contributed by atoms with Crippen molar-refractivity contribution in [1.82, 2.24) is 0 Å². The summed E-state index contributed by atoms with van der Waals surface area (Å²) < 4.78 is 8.55. The molecule has 2 aromatic carbocycles. The zero-order chi connectivity index (χ0) is 18.4. The SMILES string of the molecule is Cc1ccc2c(oc3c(C(C)C)ccc(C#N)c32)c1-c1cccc[n+]1C. The summed E-state index contributed by atoms with van der Waals surface area (Å²) in [6.45, 7) is 6.40. The lowest BCUT2D eigenvalue weighted by Crippen LogP contribution is -2.30. The van der Waals surface area contributed by atoms with Gasteiger partial charge in [0.05, 0.1) is 17.2 Å². The number of hydrogen-bond acceptors (Lipinski definition) is 2. The van der Waals surface area contributed by atoms with Gasteiger partial charge in [0.2, 0.25) is 5.69 Å². The summed E-state index contributed by atoms with van der Waals surface area (Å²) in [5, 5.41) is 11.6. The number of pyridine rings is 1. The molecule has 0 aliphatic heterocycles. The van der Waals surface area contributed by atoms with E-state index < -0.39 is 0 Å². The lowest BCUT2D eigenvalue weighted by atomic mass is 9.95. The number of aryl methyl sites for hydroxylation is 2. The molecule has 3 heteroatoms. The van der Waals surface area contributed by atoms with Crippen LogP contribution in [0.4, 0.5) is 0 Å². The van der Waals surface area contributed by atoms with E-state index in [9.17, 15) is 5.26 Å². The van der Waals surface area contributed by atoms with Crippen LogP contribution in [-0.4, -0.2) is 0 Å². The summed E-state index contributed by atoms with van der Waals surface area (Å²) in [6, 6.07) is 16.6. The zero-order valence-corrected chi connectivity index (χ0v) is 15.5. The molecule has 26 heavy (non-hydrogen) atoms. The molecule has 0 fully saturated rings. The van der Waals surface area contributed by atoms with Gasteiger partial charge in [-0.05, 0) is 36.1 Å². The first-order valence-corrected chi connectivity index (χ1v) is 8.86. The average Bonchev–Trinajstić information content (AvgIpc) is 3.01. The number of nitriles is 1. The zero-order valence-electron chi connectivity index (χ0n) is 15.5. The lowest BCUT2D eigenvalue weighted by Gasteiger charge is -2.06. The van der Waals surface area contributed by atoms with Gasteiger partial charge in [-0.15, -0.1) is 0 Å². The van der Waals surface area contributed by atoms with Crippen molar-refractivity contribution >= 4 is 21.9 Å². The second kappa shape index (κ2) is 6.00.